The first-order chi connectivity index (χ1) is 11.5. The molecule has 1 aromatic carbocycles. The van der Waals surface area contributed by atoms with E-state index in [1.165, 1.54) is 24.4 Å². The van der Waals surface area contributed by atoms with Crippen molar-refractivity contribution in [2.75, 3.05) is 11.4 Å². The summed E-state index contributed by atoms with van der Waals surface area (Å²) in [5.41, 5.74) is 6.08. The lowest BCUT2D eigenvalue weighted by atomic mass is 10.1. The van der Waals surface area contributed by atoms with Crippen LogP contribution < -0.4 is 10.6 Å². The van der Waals surface area contributed by atoms with Crippen molar-refractivity contribution in [3.8, 4) is 0 Å². The van der Waals surface area contributed by atoms with Crippen LogP contribution in [-0.2, 0) is 0 Å². The summed E-state index contributed by atoms with van der Waals surface area (Å²) in [6, 6.07) is 7.45. The van der Waals surface area contributed by atoms with E-state index in [2.05, 4.69) is 4.98 Å². The van der Waals surface area contributed by atoms with Crippen molar-refractivity contribution in [3.63, 3.8) is 0 Å². The molecule has 0 spiro atoms. The van der Waals surface area contributed by atoms with Gasteiger partial charge >= 0.3 is 0 Å². The Balaban J connectivity index is 1.82. The normalized spacial score (nSPS) is 15.1. The summed E-state index contributed by atoms with van der Waals surface area (Å²) < 4.78 is 13.0. The first-order valence-corrected chi connectivity index (χ1v) is 7.99. The molecular weight excluding hydrogens is 333 g/mol. The van der Waals surface area contributed by atoms with Crippen LogP contribution in [0, 0.1) is 5.82 Å². The van der Waals surface area contributed by atoms with Gasteiger partial charge in [-0.3, -0.25) is 4.79 Å². The van der Waals surface area contributed by atoms with Crippen molar-refractivity contribution in [3.05, 3.63) is 58.5 Å². The number of nitrogens with zero attached hydrogens (tertiary/aromatic N) is 2. The fraction of sp³-hybridized carbons (Fsp3) is 0.294. The smallest absolute Gasteiger partial charge is 0.250 e. The van der Waals surface area contributed by atoms with E-state index in [-0.39, 0.29) is 24.0 Å². The lowest BCUT2D eigenvalue weighted by Crippen LogP contribution is -2.32. The van der Waals surface area contributed by atoms with E-state index in [1.807, 2.05) is 4.90 Å². The topological polar surface area (TPSA) is 79.5 Å². The number of primary amides is 1. The highest BCUT2D eigenvalue weighted by Crippen LogP contribution is 2.36. The second-order valence-corrected chi connectivity index (χ2v) is 6.25. The number of aromatic nitrogens is 1. The van der Waals surface area contributed by atoms with Crippen LogP contribution in [0.25, 0.3) is 0 Å². The first kappa shape index (κ1) is 16.7. The van der Waals surface area contributed by atoms with Crippen LogP contribution in [0.15, 0.2) is 36.5 Å². The molecule has 0 aliphatic heterocycles. The number of benzene rings is 1. The van der Waals surface area contributed by atoms with Crippen LogP contribution in [0.1, 0.15) is 34.9 Å². The van der Waals surface area contributed by atoms with Gasteiger partial charge in [0.25, 0.3) is 0 Å². The highest BCUT2D eigenvalue weighted by molar-refractivity contribution is 6.33. The third-order valence-electron chi connectivity index (χ3n) is 3.99. The molecule has 3 N–H and O–H groups in total. The maximum atomic E-state index is 13.0. The molecule has 1 aliphatic rings. The molecule has 1 unspecified atom stereocenters. The fourth-order valence-electron chi connectivity index (χ4n) is 2.55. The van der Waals surface area contributed by atoms with Gasteiger partial charge in [0, 0.05) is 18.8 Å². The van der Waals surface area contributed by atoms with Crippen LogP contribution >= 0.6 is 11.6 Å². The maximum Gasteiger partial charge on any atom is 0.250 e. The Kier molecular flexibility index (Phi) is 4.69. The minimum absolute atomic E-state index is 0.235. The van der Waals surface area contributed by atoms with E-state index >= 15 is 0 Å². The number of amides is 1. The first-order valence-electron chi connectivity index (χ1n) is 7.61. The molecule has 0 bridgehead atoms. The van der Waals surface area contributed by atoms with Gasteiger partial charge < -0.3 is 15.7 Å². The molecule has 3 rings (SSSR count). The van der Waals surface area contributed by atoms with E-state index in [0.717, 1.165) is 12.8 Å². The molecule has 1 fully saturated rings. The number of carbonyl (C=O) groups excluding carboxylic acids is 1. The Morgan fingerprint density at radius 1 is 1.42 bits per heavy atom. The third-order valence-corrected chi connectivity index (χ3v) is 4.27. The van der Waals surface area contributed by atoms with Crippen LogP contribution in [-0.4, -0.2) is 28.6 Å². The summed E-state index contributed by atoms with van der Waals surface area (Å²) in [6.07, 6.45) is 2.53. The van der Waals surface area contributed by atoms with E-state index in [9.17, 15) is 14.3 Å². The summed E-state index contributed by atoms with van der Waals surface area (Å²) >= 11 is 6.25. The van der Waals surface area contributed by atoms with Gasteiger partial charge in [-0.25, -0.2) is 9.37 Å². The fourth-order valence-corrected chi connectivity index (χ4v) is 2.82. The van der Waals surface area contributed by atoms with Gasteiger partial charge in [0.15, 0.2) is 0 Å². The molecule has 126 valence electrons. The molecule has 5 nitrogen and oxygen atoms in total. The lowest BCUT2D eigenvalue weighted by molar-refractivity contribution is 0.1000. The molecule has 1 aromatic heterocycles. The molecule has 1 aliphatic carbocycles. The van der Waals surface area contributed by atoms with Crippen molar-refractivity contribution >= 4 is 23.3 Å². The van der Waals surface area contributed by atoms with Crippen LogP contribution in [0.3, 0.4) is 0 Å². The number of halogens is 2. The van der Waals surface area contributed by atoms with Gasteiger partial charge in [-0.1, -0.05) is 23.7 Å². The Morgan fingerprint density at radius 3 is 2.62 bits per heavy atom. The van der Waals surface area contributed by atoms with Crippen molar-refractivity contribution in [2.45, 2.75) is 25.0 Å². The summed E-state index contributed by atoms with van der Waals surface area (Å²) in [6.45, 7) is 0.277. The number of anilines is 1. The predicted molar refractivity (Wildman–Crippen MR) is 89.5 cm³/mol. The number of pyridine rings is 1. The van der Waals surface area contributed by atoms with Gasteiger partial charge in [-0.15, -0.1) is 0 Å². The van der Waals surface area contributed by atoms with Crippen molar-refractivity contribution in [1.82, 2.24) is 4.98 Å². The Labute approximate surface area is 143 Å². The zero-order chi connectivity index (χ0) is 17.3. The average Bonchev–Trinajstić information content (AvgIpc) is 3.38. The number of hydrogen-bond donors (Lipinski definition) is 2. The van der Waals surface area contributed by atoms with Crippen molar-refractivity contribution in [1.29, 1.82) is 0 Å². The zero-order valence-electron chi connectivity index (χ0n) is 12.8. The SMILES string of the molecule is NC(=O)c1cnc(N(CC(O)c2ccc(F)cc2)C2CC2)c(Cl)c1. The van der Waals surface area contributed by atoms with Crippen molar-refractivity contribution in [2.24, 2.45) is 5.73 Å². The molecule has 2 aromatic rings. The summed E-state index contributed by atoms with van der Waals surface area (Å²) in [5.74, 6) is -0.442. The van der Waals surface area contributed by atoms with Crippen LogP contribution in [0.4, 0.5) is 10.2 Å². The molecular formula is C17H17ClFN3O2. The third kappa shape index (κ3) is 3.66. The number of hydrogen-bond acceptors (Lipinski definition) is 4. The highest BCUT2D eigenvalue weighted by atomic mass is 35.5. The average molecular weight is 350 g/mol. The Morgan fingerprint density at radius 2 is 2.08 bits per heavy atom. The lowest BCUT2D eigenvalue weighted by Gasteiger charge is -2.27. The number of aliphatic hydroxyl groups is 1. The standard InChI is InChI=1S/C17H17ClFN3O2/c18-14-7-11(16(20)24)8-21-17(14)22(13-5-6-13)9-15(23)10-1-3-12(19)4-2-10/h1-4,7-8,13,15,23H,5-6,9H2,(H2,20,24). The summed E-state index contributed by atoms with van der Waals surface area (Å²) in [7, 11) is 0. The van der Waals surface area contributed by atoms with E-state index in [1.54, 1.807) is 12.1 Å². The second kappa shape index (κ2) is 6.75. The molecule has 7 heteroatoms. The Bertz CT molecular complexity index is 750. The maximum absolute atomic E-state index is 13.0. The van der Waals surface area contributed by atoms with Gasteiger partial charge in [0.1, 0.15) is 11.6 Å². The minimum Gasteiger partial charge on any atom is -0.387 e. The molecule has 1 saturated carbocycles. The minimum atomic E-state index is -0.806. The number of nitrogens with two attached hydrogens (primary N) is 1. The molecule has 1 atom stereocenters. The van der Waals surface area contributed by atoms with Gasteiger partial charge in [0.2, 0.25) is 5.91 Å². The highest BCUT2D eigenvalue weighted by Gasteiger charge is 2.33. The molecule has 0 saturated heterocycles. The largest absolute Gasteiger partial charge is 0.387 e. The number of rotatable bonds is 6. The zero-order valence-corrected chi connectivity index (χ0v) is 13.6. The molecule has 24 heavy (non-hydrogen) atoms. The van der Waals surface area contributed by atoms with E-state index in [0.29, 0.717) is 16.4 Å². The van der Waals surface area contributed by atoms with Crippen LogP contribution in [0.2, 0.25) is 5.02 Å². The van der Waals surface area contributed by atoms with E-state index in [4.69, 9.17) is 17.3 Å². The van der Waals surface area contributed by atoms with Gasteiger partial charge in [-0.05, 0) is 36.6 Å². The number of carbonyl (C=O) groups is 1. The molecule has 1 heterocycles. The summed E-state index contributed by atoms with van der Waals surface area (Å²) in [5, 5.41) is 10.8. The Hall–Kier alpha value is -2.18. The molecule has 1 amide bonds. The van der Waals surface area contributed by atoms with Crippen LogP contribution in [0.5, 0.6) is 0 Å². The quantitative estimate of drug-likeness (QED) is 0.840. The monoisotopic (exact) mass is 349 g/mol. The predicted octanol–water partition coefficient (Wildman–Crippen LogP) is 2.68. The molecule has 0 radical (unpaired) electrons. The van der Waals surface area contributed by atoms with E-state index < -0.39 is 12.0 Å². The summed E-state index contributed by atoms with van der Waals surface area (Å²) in [4.78, 5) is 17.4. The van der Waals surface area contributed by atoms with Gasteiger partial charge in [0.05, 0.1) is 16.7 Å². The van der Waals surface area contributed by atoms with Crippen molar-refractivity contribution < 1.29 is 14.3 Å². The number of aliphatic hydroxyl groups excluding tert-OH is 1. The van der Waals surface area contributed by atoms with Gasteiger partial charge in [-0.2, -0.15) is 0 Å². The second-order valence-electron chi connectivity index (χ2n) is 5.84.